The molecule has 2 amide bonds. The molecule has 0 saturated carbocycles. The number of carbonyl (C=O) groups excluding carboxylic acids is 2. The first-order valence-corrected chi connectivity index (χ1v) is 6.24. The van der Waals surface area contributed by atoms with Gasteiger partial charge in [-0.2, -0.15) is 0 Å². The molecule has 112 valence electrons. The molecule has 7 nitrogen and oxygen atoms in total. The molecule has 1 unspecified atom stereocenters. The van der Waals surface area contributed by atoms with Crippen molar-refractivity contribution in [3.05, 3.63) is 24.2 Å². The molecule has 20 heavy (non-hydrogen) atoms. The van der Waals surface area contributed by atoms with E-state index in [1.807, 2.05) is 0 Å². The first-order chi connectivity index (χ1) is 9.44. The van der Waals surface area contributed by atoms with Gasteiger partial charge in [-0.3, -0.25) is 9.59 Å². The van der Waals surface area contributed by atoms with Gasteiger partial charge in [-0.25, -0.2) is 0 Å². The highest BCUT2D eigenvalue weighted by Gasteiger charge is 2.21. The lowest BCUT2D eigenvalue weighted by molar-refractivity contribution is -0.121. The SMILES string of the molecule is COCCC(C)(O)CNC(=O)CNC(=O)c1ccco1. The van der Waals surface area contributed by atoms with Crippen LogP contribution in [0.2, 0.25) is 0 Å². The summed E-state index contributed by atoms with van der Waals surface area (Å²) in [4.78, 5) is 23.0. The van der Waals surface area contributed by atoms with E-state index in [0.29, 0.717) is 13.0 Å². The molecule has 1 aromatic rings. The third kappa shape index (κ3) is 5.85. The van der Waals surface area contributed by atoms with E-state index in [1.54, 1.807) is 20.1 Å². The van der Waals surface area contributed by atoms with Crippen LogP contribution in [-0.4, -0.2) is 49.3 Å². The van der Waals surface area contributed by atoms with Crippen molar-refractivity contribution >= 4 is 11.8 Å². The van der Waals surface area contributed by atoms with Gasteiger partial charge in [0.2, 0.25) is 5.91 Å². The predicted molar refractivity (Wildman–Crippen MR) is 71.2 cm³/mol. The van der Waals surface area contributed by atoms with E-state index in [2.05, 4.69) is 10.6 Å². The highest BCUT2D eigenvalue weighted by molar-refractivity contribution is 5.94. The Labute approximate surface area is 117 Å². The standard InChI is InChI=1S/C13H20N2O5/c1-13(18,5-7-19-2)9-15-11(16)8-14-12(17)10-4-3-6-20-10/h3-4,6,18H,5,7-9H2,1-2H3,(H,14,17)(H,15,16). The van der Waals surface area contributed by atoms with Crippen molar-refractivity contribution in [3.63, 3.8) is 0 Å². The molecule has 1 atom stereocenters. The fourth-order valence-corrected chi connectivity index (χ4v) is 1.42. The molecule has 0 aliphatic carbocycles. The summed E-state index contributed by atoms with van der Waals surface area (Å²) >= 11 is 0. The van der Waals surface area contributed by atoms with Gasteiger partial charge in [-0.05, 0) is 19.1 Å². The Morgan fingerprint density at radius 3 is 2.80 bits per heavy atom. The molecule has 0 bridgehead atoms. The minimum absolute atomic E-state index is 0.0891. The summed E-state index contributed by atoms with van der Waals surface area (Å²) in [6, 6.07) is 3.09. The summed E-state index contributed by atoms with van der Waals surface area (Å²) < 4.78 is 9.75. The van der Waals surface area contributed by atoms with Gasteiger partial charge in [0, 0.05) is 26.7 Å². The summed E-state index contributed by atoms with van der Waals surface area (Å²) in [7, 11) is 1.54. The lowest BCUT2D eigenvalue weighted by Crippen LogP contribution is -2.45. The Hall–Kier alpha value is -1.86. The van der Waals surface area contributed by atoms with Crippen LogP contribution < -0.4 is 10.6 Å². The average Bonchev–Trinajstić information content (AvgIpc) is 2.94. The van der Waals surface area contributed by atoms with E-state index in [1.165, 1.54) is 12.3 Å². The van der Waals surface area contributed by atoms with Crippen LogP contribution in [0, 0.1) is 0 Å². The zero-order valence-electron chi connectivity index (χ0n) is 11.6. The molecule has 0 aromatic carbocycles. The van der Waals surface area contributed by atoms with Gasteiger partial charge in [0.15, 0.2) is 5.76 Å². The van der Waals surface area contributed by atoms with Crippen molar-refractivity contribution in [1.82, 2.24) is 10.6 Å². The van der Waals surface area contributed by atoms with E-state index in [4.69, 9.17) is 9.15 Å². The van der Waals surface area contributed by atoms with Crippen molar-refractivity contribution in [2.24, 2.45) is 0 Å². The van der Waals surface area contributed by atoms with Crippen molar-refractivity contribution in [2.45, 2.75) is 18.9 Å². The summed E-state index contributed by atoms with van der Waals surface area (Å²) in [5, 5.41) is 14.9. The van der Waals surface area contributed by atoms with E-state index in [0.717, 1.165) is 0 Å². The zero-order valence-corrected chi connectivity index (χ0v) is 11.6. The second kappa shape index (κ2) is 7.66. The van der Waals surface area contributed by atoms with Gasteiger partial charge >= 0.3 is 0 Å². The monoisotopic (exact) mass is 284 g/mol. The van der Waals surface area contributed by atoms with Crippen LogP contribution in [0.25, 0.3) is 0 Å². The molecule has 3 N–H and O–H groups in total. The molecule has 0 radical (unpaired) electrons. The van der Waals surface area contributed by atoms with E-state index in [9.17, 15) is 14.7 Å². The van der Waals surface area contributed by atoms with Crippen molar-refractivity contribution in [3.8, 4) is 0 Å². The Bertz CT molecular complexity index is 428. The summed E-state index contributed by atoms with van der Waals surface area (Å²) in [5.74, 6) is -0.705. The smallest absolute Gasteiger partial charge is 0.287 e. The molecule has 0 spiro atoms. The van der Waals surface area contributed by atoms with E-state index in [-0.39, 0.29) is 24.8 Å². The molecular formula is C13H20N2O5. The highest BCUT2D eigenvalue weighted by Crippen LogP contribution is 2.07. The third-order valence-corrected chi connectivity index (χ3v) is 2.67. The van der Waals surface area contributed by atoms with Gasteiger partial charge in [0.05, 0.1) is 18.4 Å². The van der Waals surface area contributed by atoms with E-state index < -0.39 is 11.5 Å². The largest absolute Gasteiger partial charge is 0.459 e. The molecule has 0 aliphatic rings. The van der Waals surface area contributed by atoms with Crippen molar-refractivity contribution in [1.29, 1.82) is 0 Å². The van der Waals surface area contributed by atoms with Crippen molar-refractivity contribution < 1.29 is 23.8 Å². The highest BCUT2D eigenvalue weighted by atomic mass is 16.5. The van der Waals surface area contributed by atoms with Crippen LogP contribution in [0.15, 0.2) is 22.8 Å². The predicted octanol–water partition coefficient (Wildman–Crippen LogP) is -0.0869. The number of hydrogen-bond donors (Lipinski definition) is 3. The Kier molecular flexibility index (Phi) is 6.20. The normalized spacial score (nSPS) is 13.6. The van der Waals surface area contributed by atoms with Crippen LogP contribution in [0.4, 0.5) is 0 Å². The molecular weight excluding hydrogens is 264 g/mol. The minimum Gasteiger partial charge on any atom is -0.459 e. The van der Waals surface area contributed by atoms with Gasteiger partial charge in [0.1, 0.15) is 0 Å². The van der Waals surface area contributed by atoms with E-state index >= 15 is 0 Å². The first kappa shape index (κ1) is 16.2. The average molecular weight is 284 g/mol. The minimum atomic E-state index is -1.04. The van der Waals surface area contributed by atoms with Gasteiger partial charge in [0.25, 0.3) is 5.91 Å². The fourth-order valence-electron chi connectivity index (χ4n) is 1.42. The van der Waals surface area contributed by atoms with Crippen LogP contribution in [-0.2, 0) is 9.53 Å². The number of methoxy groups -OCH3 is 1. The molecule has 0 fully saturated rings. The number of rotatable bonds is 8. The molecule has 0 aliphatic heterocycles. The maximum atomic E-state index is 11.5. The van der Waals surface area contributed by atoms with Crippen molar-refractivity contribution in [2.75, 3.05) is 26.8 Å². The summed E-state index contributed by atoms with van der Waals surface area (Å²) in [5.41, 5.74) is -1.04. The molecule has 1 aromatic heterocycles. The first-order valence-electron chi connectivity index (χ1n) is 6.24. The number of aliphatic hydroxyl groups is 1. The van der Waals surface area contributed by atoms with Gasteiger partial charge in [-0.1, -0.05) is 0 Å². The van der Waals surface area contributed by atoms with Gasteiger partial charge < -0.3 is 24.9 Å². The lowest BCUT2D eigenvalue weighted by atomic mass is 10.0. The second-order valence-electron chi connectivity index (χ2n) is 4.68. The Balaban J connectivity index is 2.25. The number of hydrogen-bond acceptors (Lipinski definition) is 5. The Morgan fingerprint density at radius 2 is 2.20 bits per heavy atom. The zero-order chi connectivity index (χ0) is 15.0. The molecule has 0 saturated heterocycles. The molecule has 1 heterocycles. The van der Waals surface area contributed by atoms with Crippen LogP contribution in [0.3, 0.4) is 0 Å². The number of amides is 2. The van der Waals surface area contributed by atoms with Crippen LogP contribution >= 0.6 is 0 Å². The second-order valence-corrected chi connectivity index (χ2v) is 4.68. The number of nitrogens with one attached hydrogen (secondary N) is 2. The number of ether oxygens (including phenoxy) is 1. The van der Waals surface area contributed by atoms with Crippen LogP contribution in [0.5, 0.6) is 0 Å². The maximum Gasteiger partial charge on any atom is 0.287 e. The Morgan fingerprint density at radius 1 is 1.45 bits per heavy atom. The van der Waals surface area contributed by atoms with Crippen LogP contribution in [0.1, 0.15) is 23.9 Å². The molecule has 7 heteroatoms. The molecule has 1 rings (SSSR count). The topological polar surface area (TPSA) is 101 Å². The number of carbonyl (C=O) groups is 2. The summed E-state index contributed by atoms with van der Waals surface area (Å²) in [6.07, 6.45) is 1.78. The third-order valence-electron chi connectivity index (χ3n) is 2.67. The fraction of sp³-hybridized carbons (Fsp3) is 0.538. The number of furan rings is 1. The van der Waals surface area contributed by atoms with Gasteiger partial charge in [-0.15, -0.1) is 0 Å². The lowest BCUT2D eigenvalue weighted by Gasteiger charge is -2.23. The quantitative estimate of drug-likeness (QED) is 0.619. The maximum absolute atomic E-state index is 11.5. The summed E-state index contributed by atoms with van der Waals surface area (Å²) in [6.45, 7) is 1.91.